The van der Waals surface area contributed by atoms with Crippen molar-refractivity contribution in [2.24, 2.45) is 47.2 Å². The van der Waals surface area contributed by atoms with Gasteiger partial charge in [-0.25, -0.2) is 0 Å². The Hall–Kier alpha value is -0.820. The van der Waals surface area contributed by atoms with E-state index in [-0.39, 0.29) is 0 Å². The molecular formula is C17H19N. The molecule has 1 aromatic rings. The quantitative estimate of drug-likeness (QED) is 0.797. The highest BCUT2D eigenvalue weighted by molar-refractivity contribution is 5.46. The van der Waals surface area contributed by atoms with Crippen LogP contribution in [0.3, 0.4) is 0 Å². The molecule has 1 aromatic carbocycles. The second-order valence-corrected chi connectivity index (χ2v) is 7.57. The van der Waals surface area contributed by atoms with Crippen LogP contribution in [0.2, 0.25) is 0 Å². The third-order valence-electron chi connectivity index (χ3n) is 7.85. The van der Waals surface area contributed by atoms with Crippen LogP contribution in [0.1, 0.15) is 18.4 Å². The van der Waals surface area contributed by atoms with Crippen molar-refractivity contribution < 1.29 is 0 Å². The predicted octanol–water partition coefficient (Wildman–Crippen LogP) is 2.41. The second-order valence-electron chi connectivity index (χ2n) is 7.57. The summed E-state index contributed by atoms with van der Waals surface area (Å²) in [7, 11) is 0. The zero-order valence-corrected chi connectivity index (χ0v) is 10.5. The average Bonchev–Trinajstić information content (AvgIpc) is 3.11. The first-order valence-electron chi connectivity index (χ1n) is 7.66. The first-order chi connectivity index (χ1) is 8.85. The summed E-state index contributed by atoms with van der Waals surface area (Å²) in [6, 6.07) is 11.8. The zero-order valence-electron chi connectivity index (χ0n) is 10.5. The first-order valence-corrected chi connectivity index (χ1v) is 7.66. The van der Waals surface area contributed by atoms with E-state index < -0.39 is 0 Å². The van der Waals surface area contributed by atoms with Crippen LogP contribution in [0.4, 0.5) is 0 Å². The molecule has 0 aliphatic heterocycles. The minimum atomic E-state index is 0.402. The van der Waals surface area contributed by atoms with Crippen molar-refractivity contribution >= 4 is 0 Å². The van der Waals surface area contributed by atoms with Crippen LogP contribution in [-0.2, 0) is 5.41 Å². The average molecular weight is 237 g/mol. The van der Waals surface area contributed by atoms with Gasteiger partial charge in [-0.2, -0.15) is 0 Å². The SMILES string of the molecule is N[C@@H]1[C@@H]2[C@@H]3[C@H]4CC5C([C@H]2C[C@@H]53)[C@@]14c1ccccc1. The minimum absolute atomic E-state index is 0.402. The molecule has 1 nitrogen and oxygen atoms in total. The van der Waals surface area contributed by atoms with Gasteiger partial charge in [-0.1, -0.05) is 30.3 Å². The lowest BCUT2D eigenvalue weighted by atomic mass is 9.60. The normalized spacial score (nSPS) is 64.7. The van der Waals surface area contributed by atoms with E-state index >= 15 is 0 Å². The Balaban J connectivity index is 1.68. The maximum atomic E-state index is 6.81. The molecule has 0 saturated heterocycles. The summed E-state index contributed by atoms with van der Waals surface area (Å²) in [6.07, 6.45) is 3.04. The largest absolute Gasteiger partial charge is 0.327 e. The summed E-state index contributed by atoms with van der Waals surface area (Å²) in [6.45, 7) is 0. The van der Waals surface area contributed by atoms with Crippen LogP contribution in [0.5, 0.6) is 0 Å². The summed E-state index contributed by atoms with van der Waals surface area (Å²) in [5, 5.41) is 0. The fraction of sp³-hybridized carbons (Fsp3) is 0.647. The molecule has 6 bridgehead atoms. The van der Waals surface area contributed by atoms with Gasteiger partial charge in [0, 0.05) is 11.5 Å². The molecule has 6 aliphatic rings. The lowest BCUT2D eigenvalue weighted by Crippen LogP contribution is -2.46. The molecule has 0 amide bonds. The number of nitrogens with two attached hydrogens (primary N) is 1. The zero-order chi connectivity index (χ0) is 11.6. The summed E-state index contributed by atoms with van der Waals surface area (Å²) in [5.41, 5.74) is 8.80. The van der Waals surface area contributed by atoms with Crippen molar-refractivity contribution in [3.63, 3.8) is 0 Å². The van der Waals surface area contributed by atoms with E-state index in [0.29, 0.717) is 11.5 Å². The first kappa shape index (κ1) is 9.14. The standard InChI is InChI=1S/C17H19N/c18-16-14-11-6-9-10-7-12(13(9)14)17(16,15(10)11)8-4-2-1-3-5-8/h1-5,9-16H,6-7,18H2/t9-,10?,11-,12+,13-,14-,15?,16+,17-/m0/s1. The van der Waals surface area contributed by atoms with Gasteiger partial charge in [-0.05, 0) is 59.8 Å². The smallest absolute Gasteiger partial charge is 0.0176 e. The molecule has 18 heavy (non-hydrogen) atoms. The second kappa shape index (κ2) is 2.43. The van der Waals surface area contributed by atoms with E-state index in [1.54, 1.807) is 5.56 Å². The van der Waals surface area contributed by atoms with Crippen molar-refractivity contribution in [3.8, 4) is 0 Å². The molecule has 9 atom stereocenters. The fourth-order valence-corrected chi connectivity index (χ4v) is 8.06. The molecule has 0 aromatic heterocycles. The van der Waals surface area contributed by atoms with Crippen molar-refractivity contribution in [2.75, 3.05) is 0 Å². The molecule has 92 valence electrons. The van der Waals surface area contributed by atoms with Crippen molar-refractivity contribution in [1.82, 2.24) is 0 Å². The van der Waals surface area contributed by atoms with E-state index in [4.69, 9.17) is 5.73 Å². The monoisotopic (exact) mass is 237 g/mol. The lowest BCUT2D eigenvalue weighted by molar-refractivity contribution is 0.107. The van der Waals surface area contributed by atoms with Crippen LogP contribution in [0.25, 0.3) is 0 Å². The summed E-state index contributed by atoms with van der Waals surface area (Å²) in [5.74, 6) is 6.94. The molecule has 1 heteroatoms. The molecule has 2 unspecified atom stereocenters. The Morgan fingerprint density at radius 3 is 2.61 bits per heavy atom. The van der Waals surface area contributed by atoms with E-state index in [0.717, 1.165) is 41.4 Å². The molecule has 2 N–H and O–H groups in total. The topological polar surface area (TPSA) is 26.0 Å². The van der Waals surface area contributed by atoms with Crippen molar-refractivity contribution in [3.05, 3.63) is 35.9 Å². The number of hydrogen-bond acceptors (Lipinski definition) is 1. The summed E-state index contributed by atoms with van der Waals surface area (Å²) >= 11 is 0. The molecular weight excluding hydrogens is 218 g/mol. The van der Waals surface area contributed by atoms with E-state index in [9.17, 15) is 0 Å². The van der Waals surface area contributed by atoms with Crippen molar-refractivity contribution in [2.45, 2.75) is 24.3 Å². The summed E-state index contributed by atoms with van der Waals surface area (Å²) < 4.78 is 0. The molecule has 0 radical (unpaired) electrons. The van der Waals surface area contributed by atoms with Crippen LogP contribution >= 0.6 is 0 Å². The van der Waals surface area contributed by atoms with E-state index in [2.05, 4.69) is 30.3 Å². The van der Waals surface area contributed by atoms with Crippen LogP contribution < -0.4 is 5.73 Å². The number of rotatable bonds is 1. The van der Waals surface area contributed by atoms with E-state index in [1.165, 1.54) is 12.8 Å². The van der Waals surface area contributed by atoms with Crippen molar-refractivity contribution in [1.29, 1.82) is 0 Å². The fourth-order valence-electron chi connectivity index (χ4n) is 8.06. The van der Waals surface area contributed by atoms with E-state index in [1.807, 2.05) is 0 Å². The number of benzene rings is 1. The highest BCUT2D eigenvalue weighted by atomic mass is 15.0. The van der Waals surface area contributed by atoms with Gasteiger partial charge >= 0.3 is 0 Å². The lowest BCUT2D eigenvalue weighted by Gasteiger charge is -2.43. The Bertz CT molecular complexity index is 552. The highest BCUT2D eigenvalue weighted by Crippen LogP contribution is 2.86. The Morgan fingerprint density at radius 2 is 1.78 bits per heavy atom. The van der Waals surface area contributed by atoms with Crippen LogP contribution in [0, 0.1) is 41.4 Å². The van der Waals surface area contributed by atoms with Crippen LogP contribution in [0.15, 0.2) is 30.3 Å². The van der Waals surface area contributed by atoms with Gasteiger partial charge in [0.15, 0.2) is 0 Å². The minimum Gasteiger partial charge on any atom is -0.327 e. The molecule has 0 spiro atoms. The molecule has 6 aliphatic carbocycles. The Kier molecular flexibility index (Phi) is 1.23. The van der Waals surface area contributed by atoms with Gasteiger partial charge in [-0.15, -0.1) is 0 Å². The highest BCUT2D eigenvalue weighted by Gasteiger charge is 2.85. The van der Waals surface area contributed by atoms with Crippen LogP contribution in [-0.4, -0.2) is 6.04 Å². The van der Waals surface area contributed by atoms with Gasteiger partial charge < -0.3 is 5.73 Å². The molecule has 6 saturated carbocycles. The van der Waals surface area contributed by atoms with Gasteiger partial charge in [0.1, 0.15) is 0 Å². The third-order valence-corrected chi connectivity index (χ3v) is 7.85. The summed E-state index contributed by atoms with van der Waals surface area (Å²) in [4.78, 5) is 0. The molecule has 6 fully saturated rings. The predicted molar refractivity (Wildman–Crippen MR) is 69.8 cm³/mol. The third kappa shape index (κ3) is 0.602. The van der Waals surface area contributed by atoms with Gasteiger partial charge in [-0.3, -0.25) is 0 Å². The van der Waals surface area contributed by atoms with Gasteiger partial charge in [0.05, 0.1) is 0 Å². The molecule has 0 heterocycles. The maximum absolute atomic E-state index is 6.81. The molecule has 7 rings (SSSR count). The van der Waals surface area contributed by atoms with Gasteiger partial charge in [0.2, 0.25) is 0 Å². The number of hydrogen-bond donors (Lipinski definition) is 1. The Labute approximate surface area is 108 Å². The Morgan fingerprint density at radius 1 is 0.944 bits per heavy atom. The maximum Gasteiger partial charge on any atom is 0.0176 e. The van der Waals surface area contributed by atoms with Gasteiger partial charge in [0.25, 0.3) is 0 Å².